The summed E-state index contributed by atoms with van der Waals surface area (Å²) in [6, 6.07) is -0.351. The molecule has 6 nitrogen and oxygen atoms in total. The fourth-order valence-corrected chi connectivity index (χ4v) is 2.94. The van der Waals surface area contributed by atoms with Gasteiger partial charge in [0.15, 0.2) is 0 Å². The van der Waals surface area contributed by atoms with E-state index in [9.17, 15) is 9.59 Å². The van der Waals surface area contributed by atoms with Gasteiger partial charge in [-0.1, -0.05) is 40.5 Å². The Hall–Kier alpha value is -1.85. The van der Waals surface area contributed by atoms with Gasteiger partial charge in [0.1, 0.15) is 17.8 Å². The third kappa shape index (κ3) is 3.00. The first-order chi connectivity index (χ1) is 10.4. The van der Waals surface area contributed by atoms with Crippen molar-refractivity contribution >= 4 is 11.9 Å². The summed E-state index contributed by atoms with van der Waals surface area (Å²) < 4.78 is 5.61. The zero-order chi connectivity index (χ0) is 16.3. The quantitative estimate of drug-likeness (QED) is 0.785. The Morgan fingerprint density at radius 1 is 1.27 bits per heavy atom. The molecular weight excluding hydrogens is 282 g/mol. The molecule has 1 aliphatic rings. The number of carbonyl (C=O) groups is 2. The predicted octanol–water partition coefficient (Wildman–Crippen LogP) is 3.19. The second kappa shape index (κ2) is 6.50. The van der Waals surface area contributed by atoms with Crippen molar-refractivity contribution in [2.75, 3.05) is 0 Å². The van der Waals surface area contributed by atoms with Crippen molar-refractivity contribution in [3.63, 3.8) is 0 Å². The molecule has 0 spiro atoms. The van der Waals surface area contributed by atoms with Gasteiger partial charge in [-0.15, -0.1) is 0 Å². The molecule has 0 saturated carbocycles. The van der Waals surface area contributed by atoms with Crippen LogP contribution in [0.3, 0.4) is 0 Å². The Kier molecular flexibility index (Phi) is 4.88. The highest BCUT2D eigenvalue weighted by molar-refractivity contribution is 6.06. The predicted molar refractivity (Wildman–Crippen MR) is 82.2 cm³/mol. The zero-order valence-corrected chi connectivity index (χ0v) is 13.8. The molecule has 1 N–H and O–H groups in total. The topological polar surface area (TPSA) is 75.4 Å². The van der Waals surface area contributed by atoms with Gasteiger partial charge in [-0.05, 0) is 12.8 Å². The molecule has 0 unspecified atom stereocenters. The van der Waals surface area contributed by atoms with Gasteiger partial charge in [0.25, 0.3) is 5.91 Å². The fourth-order valence-electron chi connectivity index (χ4n) is 2.94. The largest absolute Gasteiger partial charge is 0.443 e. The van der Waals surface area contributed by atoms with Crippen molar-refractivity contribution in [3.8, 4) is 0 Å². The number of hydrogen-bond donors (Lipinski definition) is 1. The molecule has 2 rings (SSSR count). The van der Waals surface area contributed by atoms with Gasteiger partial charge in [0, 0.05) is 5.92 Å². The molecule has 0 aliphatic carbocycles. The van der Waals surface area contributed by atoms with Gasteiger partial charge in [0.2, 0.25) is 5.89 Å². The Labute approximate surface area is 131 Å². The van der Waals surface area contributed by atoms with Crippen LogP contribution >= 0.6 is 0 Å². The van der Waals surface area contributed by atoms with Crippen molar-refractivity contribution in [3.05, 3.63) is 17.8 Å². The first-order valence-corrected chi connectivity index (χ1v) is 8.02. The molecule has 6 heteroatoms. The maximum Gasteiger partial charge on any atom is 0.325 e. The van der Waals surface area contributed by atoms with Crippen LogP contribution < -0.4 is 5.32 Å². The van der Waals surface area contributed by atoms with E-state index in [0.29, 0.717) is 18.7 Å². The Bertz CT molecular complexity index is 545. The average molecular weight is 307 g/mol. The number of hydrogen-bond acceptors (Lipinski definition) is 4. The lowest BCUT2D eigenvalue weighted by atomic mass is 9.88. The van der Waals surface area contributed by atoms with E-state index >= 15 is 0 Å². The Balaban J connectivity index is 2.17. The minimum atomic E-state index is -0.756. The molecule has 122 valence electrons. The summed E-state index contributed by atoms with van der Waals surface area (Å²) in [7, 11) is 0. The van der Waals surface area contributed by atoms with Crippen LogP contribution in [-0.2, 0) is 11.3 Å². The van der Waals surface area contributed by atoms with Gasteiger partial charge in [-0.3, -0.25) is 9.69 Å². The molecule has 1 aliphatic heterocycles. The molecule has 22 heavy (non-hydrogen) atoms. The number of aromatic nitrogens is 1. The Morgan fingerprint density at radius 2 is 1.91 bits per heavy atom. The van der Waals surface area contributed by atoms with E-state index in [4.69, 9.17) is 4.42 Å². The van der Waals surface area contributed by atoms with E-state index in [2.05, 4.69) is 10.3 Å². The van der Waals surface area contributed by atoms with Crippen LogP contribution in [0.25, 0.3) is 0 Å². The van der Waals surface area contributed by atoms with Crippen LogP contribution in [0.15, 0.2) is 10.6 Å². The summed E-state index contributed by atoms with van der Waals surface area (Å²) >= 11 is 0. The molecule has 1 aromatic heterocycles. The van der Waals surface area contributed by atoms with Crippen LogP contribution in [0.5, 0.6) is 0 Å². The van der Waals surface area contributed by atoms with Gasteiger partial charge in [-0.2, -0.15) is 0 Å². The fraction of sp³-hybridized carbons (Fsp3) is 0.688. The maximum absolute atomic E-state index is 12.7. The summed E-state index contributed by atoms with van der Waals surface area (Å²) in [6.45, 7) is 8.13. The van der Waals surface area contributed by atoms with E-state index in [1.165, 1.54) is 4.90 Å². The molecule has 1 saturated heterocycles. The number of carbonyl (C=O) groups excluding carboxylic acids is 2. The first-order valence-electron chi connectivity index (χ1n) is 8.02. The second-order valence-corrected chi connectivity index (χ2v) is 6.21. The van der Waals surface area contributed by atoms with Gasteiger partial charge in [0.05, 0.1) is 6.20 Å². The number of urea groups is 1. The van der Waals surface area contributed by atoms with Crippen LogP contribution in [0, 0.1) is 0 Å². The lowest BCUT2D eigenvalue weighted by molar-refractivity contribution is -0.132. The molecule has 0 atom stereocenters. The maximum atomic E-state index is 12.7. The number of amides is 3. The highest BCUT2D eigenvalue weighted by Crippen LogP contribution is 2.29. The monoisotopic (exact) mass is 307 g/mol. The summed E-state index contributed by atoms with van der Waals surface area (Å²) in [4.78, 5) is 30.3. The van der Waals surface area contributed by atoms with Crippen molar-refractivity contribution in [2.24, 2.45) is 0 Å². The highest BCUT2D eigenvalue weighted by atomic mass is 16.4. The first kappa shape index (κ1) is 16.5. The molecule has 0 radical (unpaired) electrons. The molecule has 0 bridgehead atoms. The van der Waals surface area contributed by atoms with Crippen LogP contribution in [0.4, 0.5) is 4.79 Å². The summed E-state index contributed by atoms with van der Waals surface area (Å²) in [5, 5.41) is 2.89. The minimum absolute atomic E-state index is 0.0898. The van der Waals surface area contributed by atoms with E-state index in [0.717, 1.165) is 18.6 Å². The van der Waals surface area contributed by atoms with Crippen LogP contribution in [0.1, 0.15) is 70.9 Å². The molecule has 1 fully saturated rings. The molecular formula is C16H25N3O3. The van der Waals surface area contributed by atoms with Crippen LogP contribution in [-0.4, -0.2) is 27.4 Å². The number of oxazole rings is 1. The standard InChI is InChI=1S/C16H25N3O3/c1-5-7-16(8-6-2)14(20)19(15(21)18-16)10-13-17-9-12(22-13)11(3)4/h9,11H,5-8,10H2,1-4H3,(H,18,21). The van der Waals surface area contributed by atoms with Crippen molar-refractivity contribution < 1.29 is 14.0 Å². The Morgan fingerprint density at radius 3 is 2.41 bits per heavy atom. The summed E-state index contributed by atoms with van der Waals surface area (Å²) in [6.07, 6.45) is 4.66. The number of rotatable bonds is 7. The van der Waals surface area contributed by atoms with Gasteiger partial charge < -0.3 is 9.73 Å². The van der Waals surface area contributed by atoms with Crippen molar-refractivity contribution in [1.29, 1.82) is 0 Å². The summed E-state index contributed by atoms with van der Waals surface area (Å²) in [5.74, 6) is 1.22. The van der Waals surface area contributed by atoms with Gasteiger partial charge in [-0.25, -0.2) is 9.78 Å². The number of imide groups is 1. The zero-order valence-electron chi connectivity index (χ0n) is 13.8. The van der Waals surface area contributed by atoms with E-state index in [1.807, 2.05) is 27.7 Å². The van der Waals surface area contributed by atoms with Crippen LogP contribution in [0.2, 0.25) is 0 Å². The van der Waals surface area contributed by atoms with E-state index in [1.54, 1.807) is 6.20 Å². The SMILES string of the molecule is CCCC1(CCC)NC(=O)N(Cc2ncc(C(C)C)o2)C1=O. The minimum Gasteiger partial charge on any atom is -0.443 e. The lowest BCUT2D eigenvalue weighted by Gasteiger charge is -2.25. The smallest absolute Gasteiger partial charge is 0.325 e. The third-order valence-electron chi connectivity index (χ3n) is 4.03. The number of nitrogens with zero attached hydrogens (tertiary/aromatic N) is 2. The normalized spacial score (nSPS) is 17.4. The lowest BCUT2D eigenvalue weighted by Crippen LogP contribution is -2.46. The molecule has 3 amide bonds. The van der Waals surface area contributed by atoms with E-state index < -0.39 is 5.54 Å². The molecule has 2 heterocycles. The number of nitrogens with one attached hydrogen (secondary N) is 1. The van der Waals surface area contributed by atoms with Crippen molar-refractivity contribution in [1.82, 2.24) is 15.2 Å². The van der Waals surface area contributed by atoms with Crippen molar-refractivity contribution in [2.45, 2.75) is 71.4 Å². The average Bonchev–Trinajstić information content (AvgIpc) is 3.00. The van der Waals surface area contributed by atoms with Gasteiger partial charge >= 0.3 is 6.03 Å². The molecule has 1 aromatic rings. The second-order valence-electron chi connectivity index (χ2n) is 6.21. The highest BCUT2D eigenvalue weighted by Gasteiger charge is 2.50. The summed E-state index contributed by atoms with van der Waals surface area (Å²) in [5.41, 5.74) is -0.756. The third-order valence-corrected chi connectivity index (χ3v) is 4.03. The molecule has 0 aromatic carbocycles. The van der Waals surface area contributed by atoms with E-state index in [-0.39, 0.29) is 24.4 Å².